The first-order valence-corrected chi connectivity index (χ1v) is 4.67. The standard InChI is InChI=1S/C9H10O3S/c10-3-1-2-7-4-8(13-6-7)5-9(11)12/h1-2,4,6,10H,3,5H2,(H,11,12). The van der Waals surface area contributed by atoms with Crippen molar-refractivity contribution in [3.63, 3.8) is 0 Å². The van der Waals surface area contributed by atoms with Crippen LogP contribution in [0.3, 0.4) is 0 Å². The number of thiophene rings is 1. The van der Waals surface area contributed by atoms with Gasteiger partial charge in [0.2, 0.25) is 0 Å². The minimum Gasteiger partial charge on any atom is -0.481 e. The van der Waals surface area contributed by atoms with E-state index in [1.54, 1.807) is 12.2 Å². The Labute approximate surface area is 80.0 Å². The summed E-state index contributed by atoms with van der Waals surface area (Å²) >= 11 is 1.41. The molecule has 0 fully saturated rings. The summed E-state index contributed by atoms with van der Waals surface area (Å²) in [6, 6.07) is 1.81. The number of aliphatic hydroxyl groups excluding tert-OH is 1. The van der Waals surface area contributed by atoms with E-state index in [2.05, 4.69) is 0 Å². The van der Waals surface area contributed by atoms with Gasteiger partial charge in [0.05, 0.1) is 13.0 Å². The summed E-state index contributed by atoms with van der Waals surface area (Å²) in [5.74, 6) is -0.820. The third kappa shape index (κ3) is 3.40. The van der Waals surface area contributed by atoms with Crippen LogP contribution in [-0.2, 0) is 11.2 Å². The summed E-state index contributed by atoms with van der Waals surface area (Å²) in [5.41, 5.74) is 0.940. The molecular weight excluding hydrogens is 188 g/mol. The highest BCUT2D eigenvalue weighted by Gasteiger charge is 2.02. The number of rotatable bonds is 4. The van der Waals surface area contributed by atoms with Gasteiger partial charge in [-0.2, -0.15) is 0 Å². The Morgan fingerprint density at radius 3 is 3.00 bits per heavy atom. The van der Waals surface area contributed by atoms with Crippen molar-refractivity contribution >= 4 is 23.4 Å². The first kappa shape index (κ1) is 9.95. The van der Waals surface area contributed by atoms with Crippen LogP contribution in [0.4, 0.5) is 0 Å². The van der Waals surface area contributed by atoms with Crippen LogP contribution >= 0.6 is 11.3 Å². The van der Waals surface area contributed by atoms with Crippen molar-refractivity contribution in [2.75, 3.05) is 6.61 Å². The molecule has 0 atom stereocenters. The summed E-state index contributed by atoms with van der Waals surface area (Å²) in [7, 11) is 0. The normalized spacial score (nSPS) is 10.8. The van der Waals surface area contributed by atoms with Gasteiger partial charge < -0.3 is 10.2 Å². The SMILES string of the molecule is O=C(O)Cc1cc(C=CCO)cs1. The maximum atomic E-state index is 10.3. The second kappa shape index (κ2) is 4.79. The van der Waals surface area contributed by atoms with E-state index in [0.29, 0.717) is 0 Å². The third-order valence-corrected chi connectivity index (χ3v) is 2.37. The molecular formula is C9H10O3S. The lowest BCUT2D eigenvalue weighted by Gasteiger charge is -1.86. The van der Waals surface area contributed by atoms with Crippen LogP contribution in [0.25, 0.3) is 6.08 Å². The molecule has 0 radical (unpaired) electrons. The highest BCUT2D eigenvalue weighted by molar-refractivity contribution is 7.10. The molecule has 1 heterocycles. The van der Waals surface area contributed by atoms with E-state index in [-0.39, 0.29) is 13.0 Å². The molecule has 0 aliphatic heterocycles. The van der Waals surface area contributed by atoms with Crippen molar-refractivity contribution in [3.8, 4) is 0 Å². The molecule has 0 amide bonds. The molecule has 1 aromatic heterocycles. The Bertz CT molecular complexity index is 314. The Hall–Kier alpha value is -1.13. The number of carbonyl (C=O) groups is 1. The molecule has 0 aliphatic rings. The topological polar surface area (TPSA) is 57.5 Å². The van der Waals surface area contributed by atoms with Crippen LogP contribution in [0.1, 0.15) is 10.4 Å². The monoisotopic (exact) mass is 198 g/mol. The van der Waals surface area contributed by atoms with E-state index in [1.165, 1.54) is 11.3 Å². The minimum absolute atomic E-state index is 0.00408. The molecule has 0 aliphatic carbocycles. The fourth-order valence-corrected chi connectivity index (χ4v) is 1.76. The van der Waals surface area contributed by atoms with E-state index < -0.39 is 5.97 Å². The molecule has 3 nitrogen and oxygen atoms in total. The Balaban J connectivity index is 2.63. The fraction of sp³-hybridized carbons (Fsp3) is 0.222. The van der Waals surface area contributed by atoms with E-state index in [9.17, 15) is 4.79 Å². The number of hydrogen-bond acceptors (Lipinski definition) is 3. The second-order valence-electron chi connectivity index (χ2n) is 2.50. The Kier molecular flexibility index (Phi) is 3.67. The van der Waals surface area contributed by atoms with E-state index in [0.717, 1.165) is 10.4 Å². The van der Waals surface area contributed by atoms with Crippen LogP contribution in [0.5, 0.6) is 0 Å². The van der Waals surface area contributed by atoms with Gasteiger partial charge in [-0.15, -0.1) is 11.3 Å². The van der Waals surface area contributed by atoms with Crippen LogP contribution < -0.4 is 0 Å². The van der Waals surface area contributed by atoms with E-state index >= 15 is 0 Å². The Morgan fingerprint density at radius 1 is 1.62 bits per heavy atom. The van der Waals surface area contributed by atoms with Crippen LogP contribution in [0.2, 0.25) is 0 Å². The summed E-state index contributed by atoms with van der Waals surface area (Å²) in [6.45, 7) is 0.00408. The van der Waals surface area contributed by atoms with Gasteiger partial charge in [0.15, 0.2) is 0 Å². The van der Waals surface area contributed by atoms with E-state index in [4.69, 9.17) is 10.2 Å². The number of carboxylic acid groups (broad SMARTS) is 1. The van der Waals surface area contributed by atoms with Crippen LogP contribution in [0.15, 0.2) is 17.5 Å². The van der Waals surface area contributed by atoms with Crippen molar-refractivity contribution < 1.29 is 15.0 Å². The quantitative estimate of drug-likeness (QED) is 0.768. The average Bonchev–Trinajstić information content (AvgIpc) is 2.48. The maximum absolute atomic E-state index is 10.3. The number of hydrogen-bond donors (Lipinski definition) is 2. The summed E-state index contributed by atoms with van der Waals surface area (Å²) in [6.07, 6.45) is 3.45. The lowest BCUT2D eigenvalue weighted by atomic mass is 10.2. The van der Waals surface area contributed by atoms with Crippen molar-refractivity contribution in [1.82, 2.24) is 0 Å². The zero-order chi connectivity index (χ0) is 9.68. The molecule has 0 saturated heterocycles. The molecule has 13 heavy (non-hydrogen) atoms. The lowest BCUT2D eigenvalue weighted by molar-refractivity contribution is -0.136. The summed E-state index contributed by atoms with van der Waals surface area (Å²) in [4.78, 5) is 11.2. The van der Waals surface area contributed by atoms with Crippen molar-refractivity contribution in [2.24, 2.45) is 0 Å². The largest absolute Gasteiger partial charge is 0.481 e. The number of aliphatic carboxylic acids is 1. The molecule has 0 bridgehead atoms. The van der Waals surface area contributed by atoms with Gasteiger partial charge in [-0.05, 0) is 17.0 Å². The van der Waals surface area contributed by atoms with Gasteiger partial charge in [-0.25, -0.2) is 0 Å². The van der Waals surface area contributed by atoms with Crippen LogP contribution in [0, 0.1) is 0 Å². The van der Waals surface area contributed by atoms with Gasteiger partial charge >= 0.3 is 5.97 Å². The summed E-state index contributed by atoms with van der Waals surface area (Å²) < 4.78 is 0. The van der Waals surface area contributed by atoms with Crippen molar-refractivity contribution in [2.45, 2.75) is 6.42 Å². The summed E-state index contributed by atoms with van der Waals surface area (Å²) in [5, 5.41) is 18.9. The average molecular weight is 198 g/mol. The van der Waals surface area contributed by atoms with Crippen molar-refractivity contribution in [1.29, 1.82) is 0 Å². The van der Waals surface area contributed by atoms with E-state index in [1.807, 2.05) is 11.4 Å². The van der Waals surface area contributed by atoms with Gasteiger partial charge in [-0.1, -0.05) is 12.2 Å². The molecule has 70 valence electrons. The predicted molar refractivity (Wildman–Crippen MR) is 51.8 cm³/mol. The number of carboxylic acids is 1. The van der Waals surface area contributed by atoms with Gasteiger partial charge in [0.1, 0.15) is 0 Å². The molecule has 1 aromatic rings. The first-order valence-electron chi connectivity index (χ1n) is 3.79. The van der Waals surface area contributed by atoms with Crippen molar-refractivity contribution in [3.05, 3.63) is 28.0 Å². The second-order valence-corrected chi connectivity index (χ2v) is 3.50. The zero-order valence-corrected chi connectivity index (χ0v) is 7.75. The Morgan fingerprint density at radius 2 is 2.38 bits per heavy atom. The maximum Gasteiger partial charge on any atom is 0.308 e. The third-order valence-electron chi connectivity index (χ3n) is 1.42. The molecule has 4 heteroatoms. The number of aliphatic hydroxyl groups is 1. The van der Waals surface area contributed by atoms with Crippen LogP contribution in [-0.4, -0.2) is 22.8 Å². The predicted octanol–water partition coefficient (Wildman–Crippen LogP) is 1.38. The first-order chi connectivity index (χ1) is 6.22. The lowest BCUT2D eigenvalue weighted by Crippen LogP contribution is -1.97. The molecule has 0 spiro atoms. The highest BCUT2D eigenvalue weighted by Crippen LogP contribution is 2.16. The molecule has 0 unspecified atom stereocenters. The van der Waals surface area contributed by atoms with Gasteiger partial charge in [0, 0.05) is 4.88 Å². The minimum atomic E-state index is -0.820. The molecule has 1 rings (SSSR count). The van der Waals surface area contributed by atoms with Gasteiger partial charge in [0.25, 0.3) is 0 Å². The molecule has 0 saturated carbocycles. The molecule has 0 aromatic carbocycles. The van der Waals surface area contributed by atoms with Gasteiger partial charge in [-0.3, -0.25) is 4.79 Å². The molecule has 2 N–H and O–H groups in total. The fourth-order valence-electron chi connectivity index (χ4n) is 0.916. The smallest absolute Gasteiger partial charge is 0.308 e. The zero-order valence-electron chi connectivity index (χ0n) is 6.93. The highest BCUT2D eigenvalue weighted by atomic mass is 32.1.